The number of benzene rings is 1. The van der Waals surface area contributed by atoms with Crippen LogP contribution >= 0.6 is 0 Å². The van der Waals surface area contributed by atoms with Crippen LogP contribution in [0.4, 0.5) is 10.3 Å². The van der Waals surface area contributed by atoms with E-state index in [2.05, 4.69) is 25.0 Å². The third kappa shape index (κ3) is 4.18. The zero-order chi connectivity index (χ0) is 23.2. The highest BCUT2D eigenvalue weighted by molar-refractivity contribution is 7.90. The molecule has 10 heteroatoms. The minimum absolute atomic E-state index is 0.0555. The van der Waals surface area contributed by atoms with Crippen LogP contribution in [0.25, 0.3) is 22.2 Å². The molecule has 0 bridgehead atoms. The van der Waals surface area contributed by atoms with Gasteiger partial charge in [-0.15, -0.1) is 0 Å². The maximum absolute atomic E-state index is 14.6. The van der Waals surface area contributed by atoms with Crippen LogP contribution in [-0.4, -0.2) is 52.5 Å². The second-order valence-electron chi connectivity index (χ2n) is 8.41. The van der Waals surface area contributed by atoms with Gasteiger partial charge in [-0.05, 0) is 49.6 Å². The first-order chi connectivity index (χ1) is 15.8. The lowest BCUT2D eigenvalue weighted by Crippen LogP contribution is -2.36. The first-order valence-electron chi connectivity index (χ1n) is 10.7. The van der Waals surface area contributed by atoms with Crippen LogP contribution < -0.4 is 4.90 Å². The van der Waals surface area contributed by atoms with Crippen molar-refractivity contribution < 1.29 is 12.8 Å². The molecule has 5 rings (SSSR count). The van der Waals surface area contributed by atoms with E-state index in [4.69, 9.17) is 0 Å². The van der Waals surface area contributed by atoms with Crippen molar-refractivity contribution in [1.29, 1.82) is 0 Å². The topological polar surface area (TPSA) is 93.9 Å². The summed E-state index contributed by atoms with van der Waals surface area (Å²) < 4.78 is 40.0. The fourth-order valence-electron chi connectivity index (χ4n) is 4.18. The molecular formula is C23H23FN6O2S. The Labute approximate surface area is 191 Å². The van der Waals surface area contributed by atoms with Crippen LogP contribution in [0.5, 0.6) is 0 Å². The second kappa shape index (κ2) is 8.18. The SMILES string of the molecule is Cc1cnc(N2CCC(n3ncc4cc(-c5ccc(S(C)(=O)=O)cc5F)ncc43)CC2)nc1. The molecule has 1 fully saturated rings. The predicted molar refractivity (Wildman–Crippen MR) is 123 cm³/mol. The summed E-state index contributed by atoms with van der Waals surface area (Å²) in [7, 11) is -3.48. The number of pyridine rings is 1. The van der Waals surface area contributed by atoms with E-state index in [-0.39, 0.29) is 16.5 Å². The van der Waals surface area contributed by atoms with Crippen LogP contribution in [0.2, 0.25) is 0 Å². The molecule has 0 aliphatic carbocycles. The molecule has 0 amide bonds. The minimum Gasteiger partial charge on any atom is -0.341 e. The van der Waals surface area contributed by atoms with Gasteiger partial charge >= 0.3 is 0 Å². The van der Waals surface area contributed by atoms with E-state index in [0.29, 0.717) is 5.69 Å². The summed E-state index contributed by atoms with van der Waals surface area (Å²) in [6, 6.07) is 5.89. The summed E-state index contributed by atoms with van der Waals surface area (Å²) >= 11 is 0. The van der Waals surface area contributed by atoms with E-state index in [9.17, 15) is 12.8 Å². The van der Waals surface area contributed by atoms with E-state index in [1.54, 1.807) is 18.5 Å². The highest BCUT2D eigenvalue weighted by Gasteiger charge is 2.24. The molecule has 4 heterocycles. The molecule has 0 saturated carbocycles. The molecular weight excluding hydrogens is 443 g/mol. The van der Waals surface area contributed by atoms with Gasteiger partial charge in [0.1, 0.15) is 5.82 Å². The summed E-state index contributed by atoms with van der Waals surface area (Å²) in [5.41, 5.74) is 2.61. The first kappa shape index (κ1) is 21.4. The third-order valence-electron chi connectivity index (χ3n) is 5.99. The molecule has 1 aliphatic rings. The molecule has 3 aromatic heterocycles. The molecule has 4 aromatic rings. The number of fused-ring (bicyclic) bond motifs is 1. The predicted octanol–water partition coefficient (Wildman–Crippen LogP) is 3.58. The molecule has 8 nitrogen and oxygen atoms in total. The lowest BCUT2D eigenvalue weighted by atomic mass is 10.1. The molecule has 0 spiro atoms. The van der Waals surface area contributed by atoms with E-state index < -0.39 is 15.7 Å². The Balaban J connectivity index is 1.36. The van der Waals surface area contributed by atoms with Crippen molar-refractivity contribution in [2.45, 2.75) is 30.7 Å². The standard InChI is InChI=1S/C23H23FN6O2S/c1-15-11-26-23(27-12-15)29-7-5-17(6-8-29)30-22-14-25-21(9-16(22)13-28-30)19-4-3-18(10-20(19)24)33(2,31)32/h3-4,9-14,17H,5-8H2,1-2H3. The van der Waals surface area contributed by atoms with E-state index in [0.717, 1.165) is 60.7 Å². The number of aryl methyl sites for hydroxylation is 1. The normalized spacial score (nSPS) is 15.3. The van der Waals surface area contributed by atoms with Crippen LogP contribution in [0.3, 0.4) is 0 Å². The molecule has 33 heavy (non-hydrogen) atoms. The summed E-state index contributed by atoms with van der Waals surface area (Å²) in [6.07, 6.45) is 9.98. The van der Waals surface area contributed by atoms with Crippen molar-refractivity contribution in [2.75, 3.05) is 24.2 Å². The van der Waals surface area contributed by atoms with Crippen molar-refractivity contribution in [2.24, 2.45) is 0 Å². The first-order valence-corrected chi connectivity index (χ1v) is 12.6. The fraction of sp³-hybridized carbons (Fsp3) is 0.304. The number of rotatable bonds is 4. The molecule has 1 aliphatic heterocycles. The number of nitrogens with zero attached hydrogens (tertiary/aromatic N) is 6. The summed E-state index contributed by atoms with van der Waals surface area (Å²) in [5.74, 6) is 0.127. The van der Waals surface area contributed by atoms with Gasteiger partial charge in [0.05, 0.1) is 34.5 Å². The average molecular weight is 467 g/mol. The number of sulfone groups is 1. The lowest BCUT2D eigenvalue weighted by Gasteiger charge is -2.32. The number of hydrogen-bond acceptors (Lipinski definition) is 7. The van der Waals surface area contributed by atoms with Gasteiger partial charge in [0, 0.05) is 42.7 Å². The van der Waals surface area contributed by atoms with Crippen LogP contribution in [0.15, 0.2) is 53.9 Å². The molecule has 0 radical (unpaired) electrons. The fourth-order valence-corrected chi connectivity index (χ4v) is 4.81. The highest BCUT2D eigenvalue weighted by atomic mass is 32.2. The monoisotopic (exact) mass is 466 g/mol. The summed E-state index contributed by atoms with van der Waals surface area (Å²) in [4.78, 5) is 15.4. The van der Waals surface area contributed by atoms with Crippen molar-refractivity contribution in [1.82, 2.24) is 24.7 Å². The van der Waals surface area contributed by atoms with Gasteiger partial charge in [0.2, 0.25) is 5.95 Å². The highest BCUT2D eigenvalue weighted by Crippen LogP contribution is 2.30. The number of aromatic nitrogens is 5. The number of anilines is 1. The quantitative estimate of drug-likeness (QED) is 0.454. The number of piperidine rings is 1. The number of hydrogen-bond donors (Lipinski definition) is 0. The maximum atomic E-state index is 14.6. The van der Waals surface area contributed by atoms with E-state index in [1.165, 1.54) is 12.1 Å². The Bertz CT molecular complexity index is 1430. The Morgan fingerprint density at radius 1 is 1.00 bits per heavy atom. The van der Waals surface area contributed by atoms with Gasteiger partial charge in [-0.2, -0.15) is 5.10 Å². The second-order valence-corrected chi connectivity index (χ2v) is 10.4. The molecule has 0 N–H and O–H groups in total. The zero-order valence-electron chi connectivity index (χ0n) is 18.3. The Morgan fingerprint density at radius 2 is 1.73 bits per heavy atom. The van der Waals surface area contributed by atoms with Crippen LogP contribution in [-0.2, 0) is 9.84 Å². The third-order valence-corrected chi connectivity index (χ3v) is 7.10. The van der Waals surface area contributed by atoms with Gasteiger partial charge in [0.25, 0.3) is 0 Å². The van der Waals surface area contributed by atoms with Crippen molar-refractivity contribution in [3.63, 3.8) is 0 Å². The van der Waals surface area contributed by atoms with Crippen molar-refractivity contribution in [3.05, 3.63) is 60.4 Å². The van der Waals surface area contributed by atoms with E-state index in [1.807, 2.05) is 24.0 Å². The van der Waals surface area contributed by atoms with Gasteiger partial charge < -0.3 is 4.90 Å². The molecule has 170 valence electrons. The largest absolute Gasteiger partial charge is 0.341 e. The lowest BCUT2D eigenvalue weighted by molar-refractivity contribution is 0.374. The molecule has 1 aromatic carbocycles. The minimum atomic E-state index is -3.48. The van der Waals surface area contributed by atoms with Crippen molar-refractivity contribution in [3.8, 4) is 11.3 Å². The number of halogens is 1. The average Bonchev–Trinajstić information content (AvgIpc) is 3.22. The smallest absolute Gasteiger partial charge is 0.225 e. The van der Waals surface area contributed by atoms with Gasteiger partial charge in [-0.3, -0.25) is 9.67 Å². The van der Waals surface area contributed by atoms with Crippen LogP contribution in [0.1, 0.15) is 24.4 Å². The molecule has 0 unspecified atom stereocenters. The van der Waals surface area contributed by atoms with Crippen molar-refractivity contribution >= 4 is 26.7 Å². The van der Waals surface area contributed by atoms with Crippen LogP contribution in [0, 0.1) is 12.7 Å². The summed E-state index contributed by atoms with van der Waals surface area (Å²) in [6.45, 7) is 3.63. The maximum Gasteiger partial charge on any atom is 0.225 e. The molecule has 1 saturated heterocycles. The van der Waals surface area contributed by atoms with Gasteiger partial charge in [-0.25, -0.2) is 22.8 Å². The van der Waals surface area contributed by atoms with Gasteiger partial charge in [-0.1, -0.05) is 0 Å². The Kier molecular flexibility index (Phi) is 5.32. The molecule has 0 atom stereocenters. The summed E-state index contributed by atoms with van der Waals surface area (Å²) in [5, 5.41) is 5.44. The Hall–Kier alpha value is -3.40. The van der Waals surface area contributed by atoms with Gasteiger partial charge in [0.15, 0.2) is 9.84 Å². The zero-order valence-corrected chi connectivity index (χ0v) is 19.1. The van der Waals surface area contributed by atoms with E-state index >= 15 is 0 Å². The Morgan fingerprint density at radius 3 is 2.39 bits per heavy atom.